The number of hydrogen-bond acceptors (Lipinski definition) is 2. The Labute approximate surface area is 142 Å². The number of nitrogens with one attached hydrogen (secondary N) is 1. The second-order valence-electron chi connectivity index (χ2n) is 6.09. The predicted octanol–water partition coefficient (Wildman–Crippen LogP) is 2.72. The SMILES string of the molecule is COc1cc(C[NH+]2CC=C(c3ccc(F)cc3)CC2)cc(OC)c1. The van der Waals surface area contributed by atoms with Crippen LogP contribution < -0.4 is 14.4 Å². The maximum Gasteiger partial charge on any atom is 0.123 e. The maximum absolute atomic E-state index is 13.0. The van der Waals surface area contributed by atoms with Crippen LogP contribution in [0.1, 0.15) is 17.5 Å². The van der Waals surface area contributed by atoms with Gasteiger partial charge in [0.05, 0.1) is 27.3 Å². The monoisotopic (exact) mass is 328 g/mol. The van der Waals surface area contributed by atoms with Gasteiger partial charge in [0.25, 0.3) is 0 Å². The molecule has 0 saturated heterocycles. The Morgan fingerprint density at radius 3 is 2.21 bits per heavy atom. The normalized spacial score (nSPS) is 17.3. The molecule has 1 unspecified atom stereocenters. The lowest BCUT2D eigenvalue weighted by Gasteiger charge is -2.24. The van der Waals surface area contributed by atoms with E-state index in [1.165, 1.54) is 28.2 Å². The molecule has 0 fully saturated rings. The first kappa shape index (κ1) is 16.5. The average molecular weight is 328 g/mol. The Hall–Kier alpha value is -2.33. The van der Waals surface area contributed by atoms with Crippen LogP contribution in [0.25, 0.3) is 5.57 Å². The smallest absolute Gasteiger partial charge is 0.123 e. The van der Waals surface area contributed by atoms with Crippen LogP contribution in [0.15, 0.2) is 48.5 Å². The van der Waals surface area contributed by atoms with Crippen molar-refractivity contribution in [3.05, 3.63) is 65.5 Å². The van der Waals surface area contributed by atoms with Crippen LogP contribution in [0.5, 0.6) is 11.5 Å². The first-order valence-electron chi connectivity index (χ1n) is 8.18. The van der Waals surface area contributed by atoms with Crippen LogP contribution in [-0.2, 0) is 6.54 Å². The van der Waals surface area contributed by atoms with E-state index in [1.54, 1.807) is 14.2 Å². The molecule has 0 aliphatic carbocycles. The molecule has 2 aromatic carbocycles. The van der Waals surface area contributed by atoms with Gasteiger partial charge < -0.3 is 14.4 Å². The number of hydrogen-bond donors (Lipinski definition) is 1. The number of rotatable bonds is 5. The van der Waals surface area contributed by atoms with Gasteiger partial charge in [-0.25, -0.2) is 4.39 Å². The molecular formula is C20H23FNO2+. The van der Waals surface area contributed by atoms with E-state index >= 15 is 0 Å². The van der Waals surface area contributed by atoms with Crippen molar-refractivity contribution in [1.82, 2.24) is 0 Å². The van der Waals surface area contributed by atoms with Gasteiger partial charge in [0.1, 0.15) is 23.9 Å². The fraction of sp³-hybridized carbons (Fsp3) is 0.300. The van der Waals surface area contributed by atoms with Crippen molar-refractivity contribution < 1.29 is 18.8 Å². The van der Waals surface area contributed by atoms with Gasteiger partial charge in [0.15, 0.2) is 0 Å². The van der Waals surface area contributed by atoms with Crippen molar-refractivity contribution in [3.63, 3.8) is 0 Å². The van der Waals surface area contributed by atoms with Gasteiger partial charge >= 0.3 is 0 Å². The highest BCUT2D eigenvalue weighted by Crippen LogP contribution is 2.22. The lowest BCUT2D eigenvalue weighted by atomic mass is 9.99. The molecule has 1 aliphatic heterocycles. The molecule has 1 aliphatic rings. The minimum absolute atomic E-state index is 0.186. The van der Waals surface area contributed by atoms with Crippen molar-refractivity contribution in [2.75, 3.05) is 27.3 Å². The molecule has 1 heterocycles. The standard InChI is InChI=1S/C20H22FNO2/c1-23-19-11-15(12-20(13-19)24-2)14-22-9-7-17(8-10-22)16-3-5-18(21)6-4-16/h3-7,11-13H,8-10,14H2,1-2H3/p+1. The quantitative estimate of drug-likeness (QED) is 0.912. The van der Waals surface area contributed by atoms with Gasteiger partial charge in [0, 0.05) is 18.1 Å². The third kappa shape index (κ3) is 3.95. The van der Waals surface area contributed by atoms with Crippen LogP contribution in [-0.4, -0.2) is 27.3 Å². The Bertz CT molecular complexity index is 703. The van der Waals surface area contributed by atoms with Crippen LogP contribution in [0.3, 0.4) is 0 Å². The van der Waals surface area contributed by atoms with Crippen molar-refractivity contribution >= 4 is 5.57 Å². The minimum atomic E-state index is -0.186. The van der Waals surface area contributed by atoms with Gasteiger partial charge in [-0.3, -0.25) is 0 Å². The summed E-state index contributed by atoms with van der Waals surface area (Å²) in [7, 11) is 3.34. The van der Waals surface area contributed by atoms with E-state index in [-0.39, 0.29) is 5.82 Å². The Kier molecular flexibility index (Phi) is 5.16. The number of ether oxygens (including phenoxy) is 2. The highest BCUT2D eigenvalue weighted by Gasteiger charge is 2.17. The van der Waals surface area contributed by atoms with Crippen molar-refractivity contribution in [3.8, 4) is 11.5 Å². The van der Waals surface area contributed by atoms with E-state index in [0.717, 1.165) is 43.1 Å². The Morgan fingerprint density at radius 2 is 1.67 bits per heavy atom. The summed E-state index contributed by atoms with van der Waals surface area (Å²) in [6.45, 7) is 2.95. The van der Waals surface area contributed by atoms with Gasteiger partial charge in [-0.15, -0.1) is 0 Å². The fourth-order valence-corrected chi connectivity index (χ4v) is 3.13. The maximum atomic E-state index is 13.0. The van der Waals surface area contributed by atoms with Crippen LogP contribution in [0.4, 0.5) is 4.39 Å². The molecule has 0 radical (unpaired) electrons. The van der Waals surface area contributed by atoms with E-state index in [0.29, 0.717) is 0 Å². The number of quaternary nitrogens is 1. The molecule has 24 heavy (non-hydrogen) atoms. The van der Waals surface area contributed by atoms with Gasteiger partial charge in [0.2, 0.25) is 0 Å². The summed E-state index contributed by atoms with van der Waals surface area (Å²) in [5.74, 6) is 1.46. The molecule has 1 N–H and O–H groups in total. The second-order valence-corrected chi connectivity index (χ2v) is 6.09. The zero-order chi connectivity index (χ0) is 16.9. The number of methoxy groups -OCH3 is 2. The van der Waals surface area contributed by atoms with Crippen molar-refractivity contribution in [2.24, 2.45) is 0 Å². The summed E-state index contributed by atoms with van der Waals surface area (Å²) in [6.07, 6.45) is 3.27. The fourth-order valence-electron chi connectivity index (χ4n) is 3.13. The molecule has 0 saturated carbocycles. The molecule has 0 bridgehead atoms. The number of halogens is 1. The number of benzene rings is 2. The topological polar surface area (TPSA) is 22.9 Å². The van der Waals surface area contributed by atoms with Crippen molar-refractivity contribution in [1.29, 1.82) is 0 Å². The molecule has 3 nitrogen and oxygen atoms in total. The molecule has 0 amide bonds. The first-order valence-corrected chi connectivity index (χ1v) is 8.18. The van der Waals surface area contributed by atoms with E-state index in [4.69, 9.17) is 9.47 Å². The van der Waals surface area contributed by atoms with Crippen LogP contribution in [0.2, 0.25) is 0 Å². The Morgan fingerprint density at radius 1 is 1.00 bits per heavy atom. The van der Waals surface area contributed by atoms with E-state index in [1.807, 2.05) is 18.2 Å². The third-order valence-electron chi connectivity index (χ3n) is 4.47. The molecule has 3 rings (SSSR count). The summed E-state index contributed by atoms with van der Waals surface area (Å²) in [4.78, 5) is 1.50. The summed E-state index contributed by atoms with van der Waals surface area (Å²) >= 11 is 0. The minimum Gasteiger partial charge on any atom is -0.497 e. The molecule has 4 heteroatoms. The van der Waals surface area contributed by atoms with E-state index in [9.17, 15) is 4.39 Å². The van der Waals surface area contributed by atoms with Gasteiger partial charge in [-0.05, 0) is 41.5 Å². The summed E-state index contributed by atoms with van der Waals surface area (Å²) in [5, 5.41) is 0. The predicted molar refractivity (Wildman–Crippen MR) is 92.9 cm³/mol. The van der Waals surface area contributed by atoms with Crippen LogP contribution in [0, 0.1) is 5.82 Å². The second kappa shape index (κ2) is 7.49. The van der Waals surface area contributed by atoms with E-state index < -0.39 is 0 Å². The average Bonchev–Trinajstić information content (AvgIpc) is 2.62. The summed E-state index contributed by atoms with van der Waals surface area (Å²) < 4.78 is 23.7. The first-order chi connectivity index (χ1) is 11.7. The van der Waals surface area contributed by atoms with Crippen LogP contribution >= 0.6 is 0 Å². The molecule has 0 aromatic heterocycles. The van der Waals surface area contributed by atoms with Crippen molar-refractivity contribution in [2.45, 2.75) is 13.0 Å². The molecular weight excluding hydrogens is 305 g/mol. The van der Waals surface area contributed by atoms with Gasteiger partial charge in [-0.2, -0.15) is 0 Å². The lowest BCUT2D eigenvalue weighted by molar-refractivity contribution is -0.908. The molecule has 2 aromatic rings. The molecule has 1 atom stereocenters. The zero-order valence-electron chi connectivity index (χ0n) is 14.1. The summed E-state index contributed by atoms with van der Waals surface area (Å²) in [5.41, 5.74) is 3.64. The molecule has 126 valence electrons. The largest absolute Gasteiger partial charge is 0.497 e. The van der Waals surface area contributed by atoms with Gasteiger partial charge in [-0.1, -0.05) is 12.1 Å². The third-order valence-corrected chi connectivity index (χ3v) is 4.47. The van der Waals surface area contributed by atoms with E-state index in [2.05, 4.69) is 18.2 Å². The molecule has 0 spiro atoms. The lowest BCUT2D eigenvalue weighted by Crippen LogP contribution is -3.11. The Balaban J connectivity index is 1.67. The zero-order valence-corrected chi connectivity index (χ0v) is 14.1. The highest BCUT2D eigenvalue weighted by atomic mass is 19.1. The summed E-state index contributed by atoms with van der Waals surface area (Å²) in [6, 6.07) is 12.8. The highest BCUT2D eigenvalue weighted by molar-refractivity contribution is 5.65.